The highest BCUT2D eigenvalue weighted by molar-refractivity contribution is 6.30. The lowest BCUT2D eigenvalue weighted by Crippen LogP contribution is -2.34. The van der Waals surface area contributed by atoms with E-state index < -0.39 is 5.60 Å². The molecule has 15 heavy (non-hydrogen) atoms. The van der Waals surface area contributed by atoms with Crippen molar-refractivity contribution in [1.29, 1.82) is 0 Å². The summed E-state index contributed by atoms with van der Waals surface area (Å²) in [6.07, 6.45) is 1.32. The van der Waals surface area contributed by atoms with Gasteiger partial charge in [-0.25, -0.2) is 0 Å². The molecule has 1 N–H and O–H groups in total. The van der Waals surface area contributed by atoms with Crippen LogP contribution in [0.5, 0.6) is 0 Å². The molecule has 1 aliphatic heterocycles. The minimum Gasteiger partial charge on any atom is -0.385 e. The molecule has 1 heterocycles. The van der Waals surface area contributed by atoms with Crippen LogP contribution in [0.15, 0.2) is 18.2 Å². The van der Waals surface area contributed by atoms with Crippen molar-refractivity contribution in [3.8, 4) is 0 Å². The summed E-state index contributed by atoms with van der Waals surface area (Å²) < 4.78 is 5.26. The van der Waals surface area contributed by atoms with Crippen molar-refractivity contribution >= 4 is 11.6 Å². The number of aliphatic hydroxyl groups is 1. The third kappa shape index (κ3) is 2.17. The van der Waals surface area contributed by atoms with Gasteiger partial charge in [-0.3, -0.25) is 0 Å². The summed E-state index contributed by atoms with van der Waals surface area (Å²) in [5.41, 5.74) is 1.30. The quantitative estimate of drug-likeness (QED) is 0.798. The number of aryl methyl sites for hydroxylation is 1. The van der Waals surface area contributed by atoms with Crippen molar-refractivity contribution in [2.45, 2.75) is 25.4 Å². The van der Waals surface area contributed by atoms with Gasteiger partial charge in [-0.2, -0.15) is 0 Å². The molecule has 1 aliphatic rings. The Labute approximate surface area is 94.8 Å². The lowest BCUT2D eigenvalue weighted by atomic mass is 9.84. The summed E-state index contributed by atoms with van der Waals surface area (Å²) in [4.78, 5) is 0. The van der Waals surface area contributed by atoms with Crippen LogP contribution in [0.25, 0.3) is 0 Å². The van der Waals surface area contributed by atoms with Gasteiger partial charge in [0.15, 0.2) is 0 Å². The van der Waals surface area contributed by atoms with E-state index in [1.54, 1.807) is 0 Å². The van der Waals surface area contributed by atoms with Crippen LogP contribution >= 0.6 is 11.6 Å². The zero-order chi connectivity index (χ0) is 10.9. The molecule has 0 unspecified atom stereocenters. The molecule has 0 radical (unpaired) electrons. The van der Waals surface area contributed by atoms with Gasteiger partial charge in [0.1, 0.15) is 0 Å². The largest absolute Gasteiger partial charge is 0.385 e. The molecule has 3 heteroatoms. The predicted octanol–water partition coefficient (Wildman–Crippen LogP) is 2.65. The van der Waals surface area contributed by atoms with E-state index >= 15 is 0 Å². The summed E-state index contributed by atoms with van der Waals surface area (Å²) in [6.45, 7) is 3.23. The van der Waals surface area contributed by atoms with Gasteiger partial charge in [-0.15, -0.1) is 0 Å². The summed E-state index contributed by atoms with van der Waals surface area (Å²) in [5.74, 6) is 0. The van der Waals surface area contributed by atoms with Crippen molar-refractivity contribution in [3.63, 3.8) is 0 Å². The molecule has 0 saturated carbocycles. The Morgan fingerprint density at radius 1 is 1.33 bits per heavy atom. The Hall–Kier alpha value is -0.570. The molecule has 1 fully saturated rings. The van der Waals surface area contributed by atoms with Crippen molar-refractivity contribution in [2.24, 2.45) is 0 Å². The topological polar surface area (TPSA) is 29.5 Å². The van der Waals surface area contributed by atoms with E-state index in [-0.39, 0.29) is 0 Å². The van der Waals surface area contributed by atoms with Crippen LogP contribution in [0.2, 0.25) is 5.02 Å². The third-order valence-corrected chi connectivity index (χ3v) is 3.24. The van der Waals surface area contributed by atoms with Gasteiger partial charge in [-0.05, 0) is 30.2 Å². The molecule has 0 bridgehead atoms. The second kappa shape index (κ2) is 4.12. The molecule has 0 atom stereocenters. The highest BCUT2D eigenvalue weighted by Crippen LogP contribution is 2.34. The summed E-state index contributed by atoms with van der Waals surface area (Å²) in [7, 11) is 0. The van der Waals surface area contributed by atoms with E-state index in [1.165, 1.54) is 0 Å². The van der Waals surface area contributed by atoms with Gasteiger partial charge in [0, 0.05) is 31.1 Å². The molecule has 1 aromatic carbocycles. The first kappa shape index (κ1) is 10.9. The number of rotatable bonds is 1. The Morgan fingerprint density at radius 2 is 2.00 bits per heavy atom. The molecule has 1 saturated heterocycles. The fourth-order valence-electron chi connectivity index (χ4n) is 2.13. The Balaban J connectivity index is 2.35. The highest BCUT2D eigenvalue weighted by atomic mass is 35.5. The monoisotopic (exact) mass is 226 g/mol. The van der Waals surface area contributed by atoms with Gasteiger partial charge in [0.05, 0.1) is 5.60 Å². The predicted molar refractivity (Wildman–Crippen MR) is 60.1 cm³/mol. The average Bonchev–Trinajstić information content (AvgIpc) is 2.18. The maximum Gasteiger partial charge on any atom is 0.0943 e. The van der Waals surface area contributed by atoms with E-state index in [0.717, 1.165) is 11.1 Å². The van der Waals surface area contributed by atoms with Crippen molar-refractivity contribution in [2.75, 3.05) is 13.2 Å². The number of ether oxygens (including phenoxy) is 1. The van der Waals surface area contributed by atoms with E-state index in [2.05, 4.69) is 0 Å². The molecular weight excluding hydrogens is 212 g/mol. The lowest BCUT2D eigenvalue weighted by molar-refractivity contribution is -0.0682. The van der Waals surface area contributed by atoms with Crippen LogP contribution in [0.1, 0.15) is 24.0 Å². The van der Waals surface area contributed by atoms with E-state index in [0.29, 0.717) is 31.1 Å². The molecule has 0 amide bonds. The zero-order valence-electron chi connectivity index (χ0n) is 8.79. The first-order chi connectivity index (χ1) is 7.12. The van der Waals surface area contributed by atoms with Crippen LogP contribution in [0.4, 0.5) is 0 Å². The first-order valence-electron chi connectivity index (χ1n) is 5.19. The van der Waals surface area contributed by atoms with E-state index in [9.17, 15) is 5.11 Å². The van der Waals surface area contributed by atoms with Gasteiger partial charge in [-0.1, -0.05) is 17.7 Å². The number of hydrogen-bond acceptors (Lipinski definition) is 2. The van der Waals surface area contributed by atoms with Crippen LogP contribution < -0.4 is 0 Å². The average molecular weight is 227 g/mol. The molecule has 2 nitrogen and oxygen atoms in total. The number of hydrogen-bond donors (Lipinski definition) is 1. The SMILES string of the molecule is Cc1cc(Cl)ccc1C1(O)CCOCC1. The van der Waals surface area contributed by atoms with Gasteiger partial charge in [0.25, 0.3) is 0 Å². The minimum absolute atomic E-state index is 0.624. The summed E-state index contributed by atoms with van der Waals surface area (Å²) in [5, 5.41) is 11.2. The molecule has 0 aliphatic carbocycles. The second-order valence-corrected chi connectivity index (χ2v) is 4.54. The van der Waals surface area contributed by atoms with E-state index in [1.807, 2.05) is 25.1 Å². The lowest BCUT2D eigenvalue weighted by Gasteiger charge is -2.33. The van der Waals surface area contributed by atoms with Crippen molar-refractivity contribution in [3.05, 3.63) is 34.3 Å². The second-order valence-electron chi connectivity index (χ2n) is 4.10. The Bertz CT molecular complexity index is 357. The number of halogens is 1. The molecule has 1 aromatic rings. The number of benzene rings is 1. The molecule has 0 spiro atoms. The van der Waals surface area contributed by atoms with Crippen LogP contribution in [-0.4, -0.2) is 18.3 Å². The third-order valence-electron chi connectivity index (χ3n) is 3.01. The Kier molecular flexibility index (Phi) is 3.01. The van der Waals surface area contributed by atoms with E-state index in [4.69, 9.17) is 16.3 Å². The summed E-state index contributed by atoms with van der Waals surface area (Å²) in [6, 6.07) is 5.64. The van der Waals surface area contributed by atoms with Crippen molar-refractivity contribution in [1.82, 2.24) is 0 Å². The van der Waals surface area contributed by atoms with Gasteiger partial charge < -0.3 is 9.84 Å². The van der Waals surface area contributed by atoms with Crippen LogP contribution in [-0.2, 0) is 10.3 Å². The Morgan fingerprint density at radius 3 is 2.60 bits per heavy atom. The van der Waals surface area contributed by atoms with Crippen LogP contribution in [0, 0.1) is 6.92 Å². The molecular formula is C12H15ClO2. The van der Waals surface area contributed by atoms with Crippen LogP contribution in [0.3, 0.4) is 0 Å². The molecule has 2 rings (SSSR count). The maximum absolute atomic E-state index is 10.5. The normalized spacial score (nSPS) is 20.2. The smallest absolute Gasteiger partial charge is 0.0943 e. The first-order valence-corrected chi connectivity index (χ1v) is 5.56. The molecule has 0 aromatic heterocycles. The fourth-order valence-corrected chi connectivity index (χ4v) is 2.35. The molecule has 82 valence electrons. The maximum atomic E-state index is 10.5. The standard InChI is InChI=1S/C12H15ClO2/c1-9-8-10(13)2-3-11(9)12(14)4-6-15-7-5-12/h2-3,8,14H,4-7H2,1H3. The minimum atomic E-state index is -0.729. The fraction of sp³-hybridized carbons (Fsp3) is 0.500. The van der Waals surface area contributed by atoms with Gasteiger partial charge >= 0.3 is 0 Å². The highest BCUT2D eigenvalue weighted by Gasteiger charge is 2.32. The summed E-state index contributed by atoms with van der Waals surface area (Å²) >= 11 is 5.89. The van der Waals surface area contributed by atoms with Gasteiger partial charge in [0.2, 0.25) is 0 Å². The zero-order valence-corrected chi connectivity index (χ0v) is 9.55. The van der Waals surface area contributed by atoms with Crippen molar-refractivity contribution < 1.29 is 9.84 Å².